The first-order chi connectivity index (χ1) is 28.2. The van der Waals surface area contributed by atoms with E-state index in [2.05, 4.69) is 130 Å². The van der Waals surface area contributed by atoms with Gasteiger partial charge in [-0.1, -0.05) is 113 Å². The Morgan fingerprint density at radius 3 is 2.41 bits per heavy atom. The first kappa shape index (κ1) is 39.9. The van der Waals surface area contributed by atoms with Crippen LogP contribution in [0.1, 0.15) is 48.9 Å². The van der Waals surface area contributed by atoms with Gasteiger partial charge in [-0.15, -0.1) is 0 Å². The zero-order valence-corrected chi connectivity index (χ0v) is 34.2. The standard InChI is InChI=1S/C50H44BrN3O4/c1-49(28-11-16-36-12-5-3-6-13-36)42-32-40(51)22-24-43(42)53(29-27-47(56)57)45(49)25-19-38(34-52)20-26-46-50(2,33-37-14-7-4-8-15-37)48-41-18-10-9-17-39(41)21-23-44(48)54(46)30-31-58-35-55/h3-26,32,35H,27-31,33H2,1-2H3/p+1. The third kappa shape index (κ3) is 8.09. The first-order valence-electron chi connectivity index (χ1n) is 19.4. The quantitative estimate of drug-likeness (QED) is 0.0371. The van der Waals surface area contributed by atoms with Gasteiger partial charge in [-0.05, 0) is 96.6 Å². The van der Waals surface area contributed by atoms with E-state index in [0.717, 1.165) is 49.2 Å². The molecule has 58 heavy (non-hydrogen) atoms. The van der Waals surface area contributed by atoms with E-state index in [1.54, 1.807) is 0 Å². The zero-order valence-electron chi connectivity index (χ0n) is 32.6. The molecule has 0 amide bonds. The number of hydrogen-bond acceptors (Lipinski definition) is 5. The molecule has 0 saturated heterocycles. The summed E-state index contributed by atoms with van der Waals surface area (Å²) in [4.78, 5) is 25.3. The fourth-order valence-corrected chi connectivity index (χ4v) is 9.02. The van der Waals surface area contributed by atoms with Gasteiger partial charge in [-0.3, -0.25) is 9.59 Å². The van der Waals surface area contributed by atoms with Crippen molar-refractivity contribution < 1.29 is 24.0 Å². The molecule has 0 bridgehead atoms. The van der Waals surface area contributed by atoms with Gasteiger partial charge in [0, 0.05) is 45.5 Å². The highest BCUT2D eigenvalue weighted by molar-refractivity contribution is 9.10. The Balaban J connectivity index is 1.34. The molecule has 0 fully saturated rings. The molecule has 0 radical (unpaired) electrons. The second kappa shape index (κ2) is 17.5. The lowest BCUT2D eigenvalue weighted by Gasteiger charge is -2.29. The van der Waals surface area contributed by atoms with Gasteiger partial charge in [0.1, 0.15) is 6.61 Å². The molecule has 1 N–H and O–H groups in total. The number of anilines is 1. The number of ether oxygens (including phenoxy) is 1. The van der Waals surface area contributed by atoms with Crippen molar-refractivity contribution in [3.63, 3.8) is 0 Å². The number of rotatable bonds is 15. The van der Waals surface area contributed by atoms with Crippen LogP contribution in [0.4, 0.5) is 11.4 Å². The van der Waals surface area contributed by atoms with Crippen LogP contribution in [0.2, 0.25) is 0 Å². The number of fused-ring (bicyclic) bond motifs is 4. The number of nitrogens with zero attached hydrogens (tertiary/aromatic N) is 3. The van der Waals surface area contributed by atoms with Gasteiger partial charge in [-0.2, -0.15) is 9.84 Å². The number of nitriles is 1. The highest BCUT2D eigenvalue weighted by Gasteiger charge is 2.49. The maximum absolute atomic E-state index is 11.9. The number of carbonyl (C=O) groups is 2. The third-order valence-corrected chi connectivity index (χ3v) is 11.9. The van der Waals surface area contributed by atoms with Crippen molar-refractivity contribution in [1.29, 1.82) is 5.26 Å². The molecule has 5 aromatic carbocycles. The number of aliphatic carboxylic acids is 1. The molecule has 0 aromatic heterocycles. The summed E-state index contributed by atoms with van der Waals surface area (Å²) in [6.07, 6.45) is 13.3. The van der Waals surface area contributed by atoms with E-state index in [0.29, 0.717) is 31.4 Å². The van der Waals surface area contributed by atoms with Gasteiger partial charge in [0.2, 0.25) is 5.69 Å². The summed E-state index contributed by atoms with van der Waals surface area (Å²) >= 11 is 3.68. The summed E-state index contributed by atoms with van der Waals surface area (Å²) < 4.78 is 8.40. The molecule has 2 aliphatic heterocycles. The molecule has 0 aliphatic carbocycles. The molecule has 2 atom stereocenters. The number of carbonyl (C=O) groups excluding carboxylic acids is 1. The smallest absolute Gasteiger partial charge is 0.305 e. The molecule has 7 rings (SSSR count). The van der Waals surface area contributed by atoms with E-state index in [-0.39, 0.29) is 19.6 Å². The van der Waals surface area contributed by atoms with Crippen molar-refractivity contribution >= 4 is 62.3 Å². The lowest BCUT2D eigenvalue weighted by molar-refractivity contribution is -0.440. The van der Waals surface area contributed by atoms with Crippen LogP contribution >= 0.6 is 15.9 Å². The van der Waals surface area contributed by atoms with Crippen LogP contribution in [0.15, 0.2) is 161 Å². The second-order valence-corrected chi connectivity index (χ2v) is 16.0. The van der Waals surface area contributed by atoms with E-state index < -0.39 is 16.8 Å². The second-order valence-electron chi connectivity index (χ2n) is 15.1. The summed E-state index contributed by atoms with van der Waals surface area (Å²) in [5.41, 5.74) is 7.82. The van der Waals surface area contributed by atoms with Gasteiger partial charge in [0.05, 0.1) is 23.5 Å². The van der Waals surface area contributed by atoms with Crippen LogP contribution in [0.5, 0.6) is 0 Å². The monoisotopic (exact) mass is 830 g/mol. The zero-order chi connectivity index (χ0) is 40.7. The van der Waals surface area contributed by atoms with Crippen LogP contribution < -0.4 is 4.90 Å². The minimum atomic E-state index is -0.879. The van der Waals surface area contributed by atoms with Crippen molar-refractivity contribution in [1.82, 2.24) is 0 Å². The fourth-order valence-electron chi connectivity index (χ4n) is 8.66. The summed E-state index contributed by atoms with van der Waals surface area (Å²) in [6, 6.07) is 41.8. The number of halogens is 1. The molecule has 8 heteroatoms. The highest BCUT2D eigenvalue weighted by Crippen LogP contribution is 2.51. The molecule has 0 saturated carbocycles. The normalized spacial score (nSPS) is 19.6. The number of hydrogen-bond donors (Lipinski definition) is 1. The van der Waals surface area contributed by atoms with Crippen molar-refractivity contribution in [2.45, 2.75) is 43.9 Å². The van der Waals surface area contributed by atoms with Crippen LogP contribution in [0, 0.1) is 11.3 Å². The summed E-state index contributed by atoms with van der Waals surface area (Å²) in [5, 5.41) is 22.7. The number of allylic oxidation sites excluding steroid dienone is 7. The number of carboxylic acid groups (broad SMARTS) is 1. The van der Waals surface area contributed by atoms with Gasteiger partial charge < -0.3 is 14.7 Å². The summed E-state index contributed by atoms with van der Waals surface area (Å²) in [6.45, 7) is 5.82. The first-order valence-corrected chi connectivity index (χ1v) is 20.2. The van der Waals surface area contributed by atoms with Gasteiger partial charge >= 0.3 is 5.97 Å². The Bertz CT molecular complexity index is 2550. The number of benzene rings is 5. The average molecular weight is 832 g/mol. The van der Waals surface area contributed by atoms with E-state index in [1.165, 1.54) is 11.1 Å². The van der Waals surface area contributed by atoms with Gasteiger partial charge in [-0.25, -0.2) is 0 Å². The van der Waals surface area contributed by atoms with Crippen molar-refractivity contribution in [3.05, 3.63) is 184 Å². The van der Waals surface area contributed by atoms with Crippen molar-refractivity contribution in [3.8, 4) is 6.07 Å². The van der Waals surface area contributed by atoms with Gasteiger partial charge in [0.15, 0.2) is 12.3 Å². The lowest BCUT2D eigenvalue weighted by Crippen LogP contribution is -2.34. The highest BCUT2D eigenvalue weighted by atomic mass is 79.9. The average Bonchev–Trinajstić information content (AvgIpc) is 3.60. The Morgan fingerprint density at radius 2 is 1.67 bits per heavy atom. The summed E-state index contributed by atoms with van der Waals surface area (Å²) in [7, 11) is 0. The molecule has 2 unspecified atom stereocenters. The minimum Gasteiger partial charge on any atom is -0.481 e. The largest absolute Gasteiger partial charge is 0.481 e. The maximum atomic E-state index is 11.9. The maximum Gasteiger partial charge on any atom is 0.305 e. The fraction of sp³-hybridized carbons (Fsp3) is 0.200. The minimum absolute atomic E-state index is 0.0469. The van der Waals surface area contributed by atoms with E-state index in [1.807, 2.05) is 66.8 Å². The van der Waals surface area contributed by atoms with Crippen LogP contribution in [0.3, 0.4) is 0 Å². The molecular formula is C50H45BrN3O4+. The topological polar surface area (TPSA) is 93.6 Å². The molecule has 0 spiro atoms. The van der Waals surface area contributed by atoms with Gasteiger partial charge in [0.25, 0.3) is 6.47 Å². The van der Waals surface area contributed by atoms with E-state index in [9.17, 15) is 20.0 Å². The van der Waals surface area contributed by atoms with Crippen molar-refractivity contribution in [2.75, 3.05) is 24.6 Å². The van der Waals surface area contributed by atoms with E-state index >= 15 is 0 Å². The lowest BCUT2D eigenvalue weighted by atomic mass is 9.73. The summed E-state index contributed by atoms with van der Waals surface area (Å²) in [5.74, 6) is -0.879. The third-order valence-electron chi connectivity index (χ3n) is 11.4. The van der Waals surface area contributed by atoms with Crippen LogP contribution in [-0.2, 0) is 31.6 Å². The Hall–Kier alpha value is -6.30. The molecule has 7 nitrogen and oxygen atoms in total. The Kier molecular flexibility index (Phi) is 12.0. The predicted molar refractivity (Wildman–Crippen MR) is 235 cm³/mol. The molecule has 290 valence electrons. The predicted octanol–water partition coefficient (Wildman–Crippen LogP) is 10.6. The Morgan fingerprint density at radius 1 is 0.931 bits per heavy atom. The molecular weight excluding hydrogens is 786 g/mol. The van der Waals surface area contributed by atoms with E-state index in [4.69, 9.17) is 4.74 Å². The number of carboxylic acids is 1. The van der Waals surface area contributed by atoms with Crippen LogP contribution in [-0.4, -0.2) is 47.5 Å². The van der Waals surface area contributed by atoms with Crippen LogP contribution in [0.25, 0.3) is 16.8 Å². The Labute approximate surface area is 348 Å². The molecule has 2 aliphatic rings. The molecule has 2 heterocycles. The molecule has 5 aromatic rings. The van der Waals surface area contributed by atoms with Crippen molar-refractivity contribution in [2.24, 2.45) is 0 Å². The SMILES string of the molecule is CC1(Cc2ccccc2)C(/C=C/C(C#N)=C/C=C2/N(CCC(=O)O)c3ccc(Br)cc3C2(C)CC=Cc2ccccc2)=[N+](CCOC=O)c2ccc3ccccc3c21.